The Bertz CT molecular complexity index is 622. The van der Waals surface area contributed by atoms with Crippen molar-refractivity contribution in [2.45, 2.75) is 18.8 Å². The standard InChI is InChI=1S/C15H18F2N4O2/c16-15(17)2-5-20(6-3-15)14(23)10-8-21(9-10)11-1-4-19-12(7-11)13(18)22/h1,4,7,10H,2-3,5-6,8-9H2,(H2,18,22). The fourth-order valence-electron chi connectivity index (χ4n) is 2.91. The molecule has 3 heterocycles. The van der Waals surface area contributed by atoms with Gasteiger partial charge in [0.2, 0.25) is 5.91 Å². The van der Waals surface area contributed by atoms with Gasteiger partial charge in [-0.3, -0.25) is 14.6 Å². The van der Waals surface area contributed by atoms with E-state index in [1.54, 1.807) is 12.1 Å². The van der Waals surface area contributed by atoms with Crippen LogP contribution in [-0.2, 0) is 4.79 Å². The summed E-state index contributed by atoms with van der Waals surface area (Å²) in [7, 11) is 0. The third kappa shape index (κ3) is 3.25. The molecule has 0 saturated carbocycles. The predicted octanol–water partition coefficient (Wildman–Crippen LogP) is 0.874. The monoisotopic (exact) mass is 324 g/mol. The highest BCUT2D eigenvalue weighted by Crippen LogP contribution is 2.31. The Kier molecular flexibility index (Phi) is 3.91. The highest BCUT2D eigenvalue weighted by Gasteiger charge is 2.40. The van der Waals surface area contributed by atoms with Crippen LogP contribution in [0.5, 0.6) is 0 Å². The lowest BCUT2D eigenvalue weighted by Gasteiger charge is -2.43. The van der Waals surface area contributed by atoms with Crippen LogP contribution in [-0.4, -0.2) is 53.8 Å². The number of carbonyl (C=O) groups is 2. The molecule has 0 unspecified atom stereocenters. The molecule has 3 rings (SSSR count). The average molecular weight is 324 g/mol. The molecule has 0 atom stereocenters. The van der Waals surface area contributed by atoms with Crippen molar-refractivity contribution >= 4 is 17.5 Å². The molecule has 2 aliphatic rings. The number of hydrogen-bond acceptors (Lipinski definition) is 4. The first kappa shape index (κ1) is 15.6. The zero-order valence-electron chi connectivity index (χ0n) is 12.5. The van der Waals surface area contributed by atoms with Gasteiger partial charge < -0.3 is 15.5 Å². The van der Waals surface area contributed by atoms with E-state index >= 15 is 0 Å². The van der Waals surface area contributed by atoms with E-state index in [4.69, 9.17) is 5.73 Å². The molecule has 2 aliphatic heterocycles. The third-order valence-corrected chi connectivity index (χ3v) is 4.40. The molecule has 0 aliphatic carbocycles. The molecule has 2 N–H and O–H groups in total. The summed E-state index contributed by atoms with van der Waals surface area (Å²) in [5, 5.41) is 0. The Hall–Kier alpha value is -2.25. The Morgan fingerprint density at radius 2 is 1.91 bits per heavy atom. The summed E-state index contributed by atoms with van der Waals surface area (Å²) in [4.78, 5) is 30.8. The lowest BCUT2D eigenvalue weighted by molar-refractivity contribution is -0.142. The van der Waals surface area contributed by atoms with Gasteiger partial charge in [0.05, 0.1) is 5.92 Å². The van der Waals surface area contributed by atoms with E-state index in [2.05, 4.69) is 4.98 Å². The first-order valence-electron chi connectivity index (χ1n) is 7.53. The van der Waals surface area contributed by atoms with Crippen LogP contribution >= 0.6 is 0 Å². The minimum Gasteiger partial charge on any atom is -0.370 e. The normalized spacial score (nSPS) is 21.0. The van der Waals surface area contributed by atoms with Gasteiger partial charge >= 0.3 is 0 Å². The summed E-state index contributed by atoms with van der Waals surface area (Å²) in [6.45, 7) is 1.24. The van der Waals surface area contributed by atoms with Gasteiger partial charge in [-0.2, -0.15) is 0 Å². The molecule has 2 saturated heterocycles. The second-order valence-electron chi connectivity index (χ2n) is 6.05. The van der Waals surface area contributed by atoms with E-state index < -0.39 is 11.8 Å². The molecular formula is C15H18F2N4O2. The van der Waals surface area contributed by atoms with Crippen molar-refractivity contribution in [3.05, 3.63) is 24.0 Å². The Morgan fingerprint density at radius 3 is 2.52 bits per heavy atom. The van der Waals surface area contributed by atoms with Crippen LogP contribution in [0.15, 0.2) is 18.3 Å². The molecule has 0 radical (unpaired) electrons. The summed E-state index contributed by atoms with van der Waals surface area (Å²) in [6.07, 6.45) is 0.973. The summed E-state index contributed by atoms with van der Waals surface area (Å²) < 4.78 is 26.3. The fraction of sp³-hybridized carbons (Fsp3) is 0.533. The summed E-state index contributed by atoms with van der Waals surface area (Å²) in [5.41, 5.74) is 6.15. The quantitative estimate of drug-likeness (QED) is 0.895. The molecule has 0 spiro atoms. The van der Waals surface area contributed by atoms with Crippen LogP contribution in [0, 0.1) is 5.92 Å². The zero-order valence-corrected chi connectivity index (χ0v) is 12.5. The summed E-state index contributed by atoms with van der Waals surface area (Å²) >= 11 is 0. The van der Waals surface area contributed by atoms with Gasteiger partial charge in [-0.05, 0) is 12.1 Å². The number of hydrogen-bond donors (Lipinski definition) is 1. The second-order valence-corrected chi connectivity index (χ2v) is 6.05. The number of nitrogens with two attached hydrogens (primary N) is 1. The van der Waals surface area contributed by atoms with Crippen molar-refractivity contribution in [3.8, 4) is 0 Å². The number of rotatable bonds is 3. The van der Waals surface area contributed by atoms with Crippen molar-refractivity contribution in [2.24, 2.45) is 11.7 Å². The maximum absolute atomic E-state index is 13.1. The number of pyridine rings is 1. The maximum atomic E-state index is 13.1. The maximum Gasteiger partial charge on any atom is 0.267 e. The number of halogens is 2. The fourth-order valence-corrected chi connectivity index (χ4v) is 2.91. The van der Waals surface area contributed by atoms with Gasteiger partial charge in [0, 0.05) is 50.9 Å². The molecule has 0 bridgehead atoms. The number of piperidine rings is 1. The second kappa shape index (κ2) is 5.75. The van der Waals surface area contributed by atoms with Crippen LogP contribution in [0.3, 0.4) is 0 Å². The van der Waals surface area contributed by atoms with Crippen molar-refractivity contribution in [2.75, 3.05) is 31.1 Å². The summed E-state index contributed by atoms with van der Waals surface area (Å²) in [6, 6.07) is 3.33. The lowest BCUT2D eigenvalue weighted by Crippen LogP contribution is -2.56. The Labute approximate surface area is 132 Å². The molecule has 1 aromatic rings. The van der Waals surface area contributed by atoms with Gasteiger partial charge in [0.25, 0.3) is 11.8 Å². The number of nitrogens with zero attached hydrogens (tertiary/aromatic N) is 3. The number of carbonyl (C=O) groups excluding carboxylic acids is 2. The number of anilines is 1. The van der Waals surface area contributed by atoms with Gasteiger partial charge in [0.15, 0.2) is 0 Å². The molecular weight excluding hydrogens is 306 g/mol. The van der Waals surface area contributed by atoms with Crippen molar-refractivity contribution in [1.29, 1.82) is 0 Å². The van der Waals surface area contributed by atoms with Crippen molar-refractivity contribution in [3.63, 3.8) is 0 Å². The topological polar surface area (TPSA) is 79.5 Å². The van der Waals surface area contributed by atoms with E-state index in [1.807, 2.05) is 4.90 Å². The highest BCUT2D eigenvalue weighted by atomic mass is 19.3. The number of amides is 2. The number of aromatic nitrogens is 1. The Balaban J connectivity index is 1.56. The van der Waals surface area contributed by atoms with Gasteiger partial charge in [-0.15, -0.1) is 0 Å². The SMILES string of the molecule is NC(=O)c1cc(N2CC(C(=O)N3CCC(F)(F)CC3)C2)ccn1. The minimum absolute atomic E-state index is 0.0686. The molecule has 6 nitrogen and oxygen atoms in total. The molecule has 23 heavy (non-hydrogen) atoms. The smallest absolute Gasteiger partial charge is 0.267 e. The molecule has 2 fully saturated rings. The van der Waals surface area contributed by atoms with Crippen LogP contribution in [0.1, 0.15) is 23.3 Å². The third-order valence-electron chi connectivity index (χ3n) is 4.40. The zero-order chi connectivity index (χ0) is 16.6. The van der Waals surface area contributed by atoms with E-state index in [-0.39, 0.29) is 43.5 Å². The molecule has 124 valence electrons. The van der Waals surface area contributed by atoms with Gasteiger partial charge in [0.1, 0.15) is 5.69 Å². The van der Waals surface area contributed by atoms with Crippen molar-refractivity contribution in [1.82, 2.24) is 9.88 Å². The van der Waals surface area contributed by atoms with Crippen LogP contribution in [0.25, 0.3) is 0 Å². The predicted molar refractivity (Wildman–Crippen MR) is 79.2 cm³/mol. The van der Waals surface area contributed by atoms with E-state index in [0.29, 0.717) is 13.1 Å². The van der Waals surface area contributed by atoms with Gasteiger partial charge in [-0.1, -0.05) is 0 Å². The van der Waals surface area contributed by atoms with Crippen molar-refractivity contribution < 1.29 is 18.4 Å². The molecule has 1 aromatic heterocycles. The van der Waals surface area contributed by atoms with E-state index in [0.717, 1.165) is 5.69 Å². The van der Waals surface area contributed by atoms with Crippen LogP contribution in [0.4, 0.5) is 14.5 Å². The van der Waals surface area contributed by atoms with E-state index in [1.165, 1.54) is 11.1 Å². The first-order chi connectivity index (χ1) is 10.9. The largest absolute Gasteiger partial charge is 0.370 e. The molecule has 0 aromatic carbocycles. The number of alkyl halides is 2. The highest BCUT2D eigenvalue weighted by molar-refractivity contribution is 5.91. The van der Waals surface area contributed by atoms with Crippen LogP contribution in [0.2, 0.25) is 0 Å². The first-order valence-corrected chi connectivity index (χ1v) is 7.53. The molecule has 2 amide bonds. The van der Waals surface area contributed by atoms with Gasteiger partial charge in [-0.25, -0.2) is 8.78 Å². The number of likely N-dealkylation sites (tertiary alicyclic amines) is 1. The van der Waals surface area contributed by atoms with Crippen LogP contribution < -0.4 is 10.6 Å². The van der Waals surface area contributed by atoms with E-state index in [9.17, 15) is 18.4 Å². The lowest BCUT2D eigenvalue weighted by atomic mass is 9.95. The molecule has 8 heteroatoms. The number of primary amides is 1. The average Bonchev–Trinajstić information content (AvgIpc) is 2.45. The Morgan fingerprint density at radius 1 is 1.26 bits per heavy atom. The minimum atomic E-state index is -2.65. The summed E-state index contributed by atoms with van der Waals surface area (Å²) in [5.74, 6) is -3.51.